The van der Waals surface area contributed by atoms with Crippen molar-refractivity contribution >= 4 is 10.0 Å². The highest BCUT2D eigenvalue weighted by atomic mass is 32.2. The first-order valence-electron chi connectivity index (χ1n) is 9.37. The molecule has 0 saturated heterocycles. The molecular formula is C20H35NO4S. The van der Waals surface area contributed by atoms with Gasteiger partial charge in [-0.05, 0) is 49.8 Å². The van der Waals surface area contributed by atoms with E-state index in [1.165, 1.54) is 0 Å². The molecule has 6 heteroatoms. The number of rotatable bonds is 11. The minimum Gasteiger partial charge on any atom is -0.491 e. The van der Waals surface area contributed by atoms with Crippen molar-refractivity contribution in [2.45, 2.75) is 66.5 Å². The van der Waals surface area contributed by atoms with Crippen LogP contribution in [-0.4, -0.2) is 33.5 Å². The zero-order valence-electron chi connectivity index (χ0n) is 17.0. The summed E-state index contributed by atoms with van der Waals surface area (Å²) in [4.78, 5) is 0. The smallest absolute Gasteiger partial charge is 0.212 e. The largest absolute Gasteiger partial charge is 0.491 e. The van der Waals surface area contributed by atoms with Crippen molar-refractivity contribution in [1.29, 1.82) is 0 Å². The lowest BCUT2D eigenvalue weighted by molar-refractivity contribution is 0.0720. The van der Waals surface area contributed by atoms with Crippen LogP contribution in [0.4, 0.5) is 0 Å². The number of nitrogens with one attached hydrogen (secondary N) is 1. The van der Waals surface area contributed by atoms with Crippen molar-refractivity contribution < 1.29 is 17.9 Å². The van der Waals surface area contributed by atoms with Gasteiger partial charge in [-0.15, -0.1) is 0 Å². The first-order chi connectivity index (χ1) is 12.0. The molecule has 0 fully saturated rings. The van der Waals surface area contributed by atoms with E-state index < -0.39 is 10.0 Å². The van der Waals surface area contributed by atoms with E-state index in [0.29, 0.717) is 19.6 Å². The summed E-state index contributed by atoms with van der Waals surface area (Å²) in [7, 11) is -3.36. The zero-order valence-corrected chi connectivity index (χ0v) is 17.9. The number of benzene rings is 1. The van der Waals surface area contributed by atoms with Gasteiger partial charge in [0.2, 0.25) is 10.0 Å². The fourth-order valence-corrected chi connectivity index (χ4v) is 3.59. The molecule has 0 radical (unpaired) electrons. The molecule has 1 rings (SSSR count). The SMILES string of the molecule is CC[C@H](C)Oc1cccc([C@@H](C)NS(=O)(=O)CCCOCC(C)(C)C)c1. The quantitative estimate of drug-likeness (QED) is 0.577. The number of sulfonamides is 1. The number of hydrogen-bond donors (Lipinski definition) is 1. The average molecular weight is 386 g/mol. The van der Waals surface area contributed by atoms with Gasteiger partial charge in [0.05, 0.1) is 18.5 Å². The molecule has 0 aliphatic carbocycles. The molecule has 0 saturated carbocycles. The van der Waals surface area contributed by atoms with Crippen LogP contribution in [0.2, 0.25) is 0 Å². The maximum atomic E-state index is 12.3. The van der Waals surface area contributed by atoms with E-state index in [1.807, 2.05) is 38.1 Å². The summed E-state index contributed by atoms with van der Waals surface area (Å²) in [6.07, 6.45) is 1.53. The van der Waals surface area contributed by atoms with Crippen LogP contribution in [0.5, 0.6) is 5.75 Å². The third kappa shape index (κ3) is 9.55. The van der Waals surface area contributed by atoms with E-state index in [9.17, 15) is 8.42 Å². The number of hydrogen-bond acceptors (Lipinski definition) is 4. The van der Waals surface area contributed by atoms with E-state index in [1.54, 1.807) is 0 Å². The van der Waals surface area contributed by atoms with Crippen LogP contribution in [0, 0.1) is 5.41 Å². The van der Waals surface area contributed by atoms with Gasteiger partial charge in [-0.3, -0.25) is 0 Å². The van der Waals surface area contributed by atoms with Crippen LogP contribution in [0.15, 0.2) is 24.3 Å². The third-order valence-corrected chi connectivity index (χ3v) is 5.40. The van der Waals surface area contributed by atoms with Crippen LogP contribution in [-0.2, 0) is 14.8 Å². The molecule has 0 aliphatic heterocycles. The Morgan fingerprint density at radius 1 is 1.19 bits per heavy atom. The third-order valence-electron chi connectivity index (χ3n) is 3.86. The van der Waals surface area contributed by atoms with Gasteiger partial charge in [0.15, 0.2) is 0 Å². The average Bonchev–Trinajstić information content (AvgIpc) is 2.53. The molecule has 0 heterocycles. The van der Waals surface area contributed by atoms with E-state index in [0.717, 1.165) is 17.7 Å². The summed E-state index contributed by atoms with van der Waals surface area (Å²) in [5, 5.41) is 0. The van der Waals surface area contributed by atoms with Gasteiger partial charge in [0, 0.05) is 12.6 Å². The van der Waals surface area contributed by atoms with Gasteiger partial charge in [-0.25, -0.2) is 13.1 Å². The molecule has 2 atom stereocenters. The van der Waals surface area contributed by atoms with Crippen molar-refractivity contribution in [3.05, 3.63) is 29.8 Å². The van der Waals surface area contributed by atoms with E-state index in [4.69, 9.17) is 9.47 Å². The summed E-state index contributed by atoms with van der Waals surface area (Å²) in [5.41, 5.74) is 0.979. The summed E-state index contributed by atoms with van der Waals surface area (Å²) in [6, 6.07) is 7.27. The molecule has 5 nitrogen and oxygen atoms in total. The van der Waals surface area contributed by atoms with Crippen LogP contribution in [0.25, 0.3) is 0 Å². The minimum absolute atomic E-state index is 0.0601. The first-order valence-corrected chi connectivity index (χ1v) is 11.0. The fourth-order valence-electron chi connectivity index (χ4n) is 2.30. The van der Waals surface area contributed by atoms with Crippen molar-refractivity contribution in [3.63, 3.8) is 0 Å². The minimum atomic E-state index is -3.36. The summed E-state index contributed by atoms with van der Waals surface area (Å²) in [6.45, 7) is 13.3. The molecule has 0 amide bonds. The molecule has 26 heavy (non-hydrogen) atoms. The van der Waals surface area contributed by atoms with Crippen molar-refractivity contribution in [1.82, 2.24) is 4.72 Å². The summed E-state index contributed by atoms with van der Waals surface area (Å²) >= 11 is 0. The molecule has 0 aromatic heterocycles. The van der Waals surface area contributed by atoms with Gasteiger partial charge in [0.1, 0.15) is 5.75 Å². The maximum Gasteiger partial charge on any atom is 0.212 e. The van der Waals surface area contributed by atoms with Crippen LogP contribution >= 0.6 is 0 Å². The Morgan fingerprint density at radius 2 is 1.88 bits per heavy atom. The van der Waals surface area contributed by atoms with Gasteiger partial charge < -0.3 is 9.47 Å². The molecule has 0 spiro atoms. The standard InChI is InChI=1S/C20H35NO4S/c1-7-16(2)25-19-11-8-10-18(14-19)17(3)21-26(22,23)13-9-12-24-15-20(4,5)6/h8,10-11,14,16-17,21H,7,9,12-13,15H2,1-6H3/t16-,17+/m0/s1. The Kier molecular flexibility index (Phi) is 9.07. The predicted octanol–water partition coefficient (Wildman–Crippen LogP) is 4.30. The Bertz CT molecular complexity index is 637. The van der Waals surface area contributed by atoms with Crippen molar-refractivity contribution in [2.75, 3.05) is 19.0 Å². The van der Waals surface area contributed by atoms with Crippen molar-refractivity contribution in [2.24, 2.45) is 5.41 Å². The second-order valence-corrected chi connectivity index (χ2v) is 9.91. The second-order valence-electron chi connectivity index (χ2n) is 8.03. The topological polar surface area (TPSA) is 64.6 Å². The highest BCUT2D eigenvalue weighted by molar-refractivity contribution is 7.89. The molecule has 1 aromatic carbocycles. The Balaban J connectivity index is 2.52. The monoisotopic (exact) mass is 385 g/mol. The molecule has 150 valence electrons. The normalized spacial score (nSPS) is 14.8. The van der Waals surface area contributed by atoms with Gasteiger partial charge in [-0.1, -0.05) is 39.8 Å². The maximum absolute atomic E-state index is 12.3. The Morgan fingerprint density at radius 3 is 2.50 bits per heavy atom. The molecule has 0 unspecified atom stereocenters. The second kappa shape index (κ2) is 10.3. The number of ether oxygens (including phenoxy) is 2. The summed E-state index contributed by atoms with van der Waals surface area (Å²) in [5.74, 6) is 0.823. The Labute approximate surface area is 159 Å². The molecular weight excluding hydrogens is 350 g/mol. The van der Waals surface area contributed by atoms with Crippen molar-refractivity contribution in [3.8, 4) is 5.75 Å². The first kappa shape index (κ1) is 22.9. The molecule has 0 aliphatic rings. The van der Waals surface area contributed by atoms with Gasteiger partial charge in [-0.2, -0.15) is 0 Å². The van der Waals surface area contributed by atoms with E-state index in [-0.39, 0.29) is 23.3 Å². The lowest BCUT2D eigenvalue weighted by Crippen LogP contribution is -2.29. The fraction of sp³-hybridized carbons (Fsp3) is 0.700. The lowest BCUT2D eigenvalue weighted by atomic mass is 9.99. The predicted molar refractivity (Wildman–Crippen MR) is 107 cm³/mol. The molecule has 1 aromatic rings. The molecule has 1 N–H and O–H groups in total. The summed E-state index contributed by atoms with van der Waals surface area (Å²) < 4.78 is 38.7. The molecule has 0 bridgehead atoms. The van der Waals surface area contributed by atoms with E-state index in [2.05, 4.69) is 32.4 Å². The van der Waals surface area contributed by atoms with Crippen LogP contribution in [0.3, 0.4) is 0 Å². The van der Waals surface area contributed by atoms with Gasteiger partial charge >= 0.3 is 0 Å². The Hall–Kier alpha value is -1.11. The zero-order chi connectivity index (χ0) is 19.8. The lowest BCUT2D eigenvalue weighted by Gasteiger charge is -2.19. The van der Waals surface area contributed by atoms with Gasteiger partial charge in [0.25, 0.3) is 0 Å². The highest BCUT2D eigenvalue weighted by Gasteiger charge is 2.17. The van der Waals surface area contributed by atoms with Crippen LogP contribution in [0.1, 0.15) is 66.0 Å². The van der Waals surface area contributed by atoms with Crippen LogP contribution < -0.4 is 9.46 Å². The van der Waals surface area contributed by atoms with E-state index >= 15 is 0 Å². The highest BCUT2D eigenvalue weighted by Crippen LogP contribution is 2.21.